The van der Waals surface area contributed by atoms with Gasteiger partial charge in [0.2, 0.25) is 5.91 Å². The van der Waals surface area contributed by atoms with E-state index in [4.69, 9.17) is 10.5 Å². The second kappa shape index (κ2) is 6.49. The highest BCUT2D eigenvalue weighted by Crippen LogP contribution is 2.21. The van der Waals surface area contributed by atoms with Crippen LogP contribution in [0.1, 0.15) is 5.56 Å². The number of nitrogens with one attached hydrogen (secondary N) is 1. The zero-order chi connectivity index (χ0) is 13.7. The molecule has 3 N–H and O–H groups in total. The van der Waals surface area contributed by atoms with Gasteiger partial charge in [-0.15, -0.1) is 0 Å². The lowest BCUT2D eigenvalue weighted by molar-refractivity contribution is -0.119. The van der Waals surface area contributed by atoms with Crippen LogP contribution >= 0.6 is 0 Å². The minimum absolute atomic E-state index is 0.0612. The second-order valence-corrected chi connectivity index (χ2v) is 4.37. The van der Waals surface area contributed by atoms with E-state index in [-0.39, 0.29) is 24.8 Å². The van der Waals surface area contributed by atoms with Crippen LogP contribution in [0.2, 0.25) is 0 Å². The molecule has 0 unspecified atom stereocenters. The Morgan fingerprint density at radius 2 is 2.16 bits per heavy atom. The van der Waals surface area contributed by atoms with Crippen LogP contribution in [0, 0.1) is 5.82 Å². The summed E-state index contributed by atoms with van der Waals surface area (Å²) in [7, 11) is 0. The fraction of sp³-hybridized carbons (Fsp3) is 0.462. The van der Waals surface area contributed by atoms with Crippen molar-refractivity contribution in [2.45, 2.75) is 6.54 Å². The molecule has 0 saturated carbocycles. The van der Waals surface area contributed by atoms with Crippen LogP contribution < -0.4 is 16.0 Å². The van der Waals surface area contributed by atoms with Gasteiger partial charge in [0, 0.05) is 19.6 Å². The van der Waals surface area contributed by atoms with Gasteiger partial charge in [-0.2, -0.15) is 0 Å². The van der Waals surface area contributed by atoms with E-state index < -0.39 is 0 Å². The van der Waals surface area contributed by atoms with E-state index in [1.807, 2.05) is 11.0 Å². The molecule has 0 spiro atoms. The number of amides is 1. The van der Waals surface area contributed by atoms with E-state index in [0.717, 1.165) is 5.56 Å². The summed E-state index contributed by atoms with van der Waals surface area (Å²) in [5, 5.41) is 2.61. The van der Waals surface area contributed by atoms with Crippen molar-refractivity contribution in [3.05, 3.63) is 29.6 Å². The summed E-state index contributed by atoms with van der Waals surface area (Å²) in [5.41, 5.74) is 6.48. The average Bonchev–Trinajstić information content (AvgIpc) is 2.45. The van der Waals surface area contributed by atoms with Crippen molar-refractivity contribution in [2.75, 3.05) is 37.7 Å². The van der Waals surface area contributed by atoms with Crippen LogP contribution in [-0.2, 0) is 16.1 Å². The summed E-state index contributed by atoms with van der Waals surface area (Å²) in [6.07, 6.45) is 0. The Morgan fingerprint density at radius 3 is 2.79 bits per heavy atom. The summed E-state index contributed by atoms with van der Waals surface area (Å²) in [6.45, 7) is 2.85. The number of nitrogens with zero attached hydrogens (tertiary/aromatic N) is 1. The highest BCUT2D eigenvalue weighted by Gasteiger charge is 2.15. The van der Waals surface area contributed by atoms with Crippen LogP contribution in [0.3, 0.4) is 0 Å². The first-order valence-electron chi connectivity index (χ1n) is 6.28. The number of benzene rings is 1. The molecule has 1 aliphatic heterocycles. The lowest BCUT2D eigenvalue weighted by atomic mass is 10.1. The highest BCUT2D eigenvalue weighted by molar-refractivity contribution is 5.77. The topological polar surface area (TPSA) is 67.6 Å². The van der Waals surface area contributed by atoms with E-state index in [2.05, 4.69) is 5.32 Å². The zero-order valence-electron chi connectivity index (χ0n) is 10.7. The largest absolute Gasteiger partial charge is 0.378 e. The van der Waals surface area contributed by atoms with Crippen molar-refractivity contribution in [2.24, 2.45) is 5.73 Å². The van der Waals surface area contributed by atoms with E-state index in [1.54, 1.807) is 6.07 Å². The summed E-state index contributed by atoms with van der Waals surface area (Å²) in [6, 6.07) is 5.00. The quantitative estimate of drug-likeness (QED) is 0.820. The number of anilines is 1. The average molecular weight is 267 g/mol. The molecule has 1 heterocycles. The summed E-state index contributed by atoms with van der Waals surface area (Å²) in [5.74, 6) is -0.529. The molecule has 1 aliphatic rings. The Bertz CT molecular complexity index is 448. The molecule has 0 bridgehead atoms. The Labute approximate surface area is 111 Å². The van der Waals surface area contributed by atoms with Gasteiger partial charge in [0.05, 0.1) is 25.4 Å². The van der Waals surface area contributed by atoms with Crippen LogP contribution in [0.4, 0.5) is 10.1 Å². The predicted molar refractivity (Wildman–Crippen MR) is 70.3 cm³/mol. The third kappa shape index (κ3) is 3.65. The Kier molecular flexibility index (Phi) is 4.70. The number of hydrogen-bond donors (Lipinski definition) is 2. The molecule has 1 fully saturated rings. The van der Waals surface area contributed by atoms with E-state index in [0.29, 0.717) is 32.0 Å². The van der Waals surface area contributed by atoms with Gasteiger partial charge < -0.3 is 20.7 Å². The smallest absolute Gasteiger partial charge is 0.234 e. The minimum Gasteiger partial charge on any atom is -0.378 e. The van der Waals surface area contributed by atoms with Gasteiger partial charge in [0.1, 0.15) is 5.82 Å². The normalized spacial score (nSPS) is 15.4. The van der Waals surface area contributed by atoms with Crippen molar-refractivity contribution < 1.29 is 13.9 Å². The van der Waals surface area contributed by atoms with Crippen molar-refractivity contribution >= 4 is 11.6 Å². The SMILES string of the molecule is NCC(=O)NCc1ccc(N2CCOCC2)c(F)c1. The van der Waals surface area contributed by atoms with Crippen molar-refractivity contribution in [3.63, 3.8) is 0 Å². The first kappa shape index (κ1) is 13.8. The van der Waals surface area contributed by atoms with Crippen LogP contribution in [-0.4, -0.2) is 38.8 Å². The van der Waals surface area contributed by atoms with Gasteiger partial charge in [-0.1, -0.05) is 6.07 Å². The first-order valence-corrected chi connectivity index (χ1v) is 6.28. The summed E-state index contributed by atoms with van der Waals surface area (Å²) >= 11 is 0. The number of ether oxygens (including phenoxy) is 1. The van der Waals surface area contributed by atoms with E-state index >= 15 is 0 Å². The maximum Gasteiger partial charge on any atom is 0.234 e. The lowest BCUT2D eigenvalue weighted by Crippen LogP contribution is -2.36. The van der Waals surface area contributed by atoms with Crippen LogP contribution in [0.15, 0.2) is 18.2 Å². The molecule has 6 heteroatoms. The van der Waals surface area contributed by atoms with Gasteiger partial charge in [0.15, 0.2) is 0 Å². The van der Waals surface area contributed by atoms with Gasteiger partial charge in [-0.3, -0.25) is 4.79 Å². The number of carbonyl (C=O) groups is 1. The van der Waals surface area contributed by atoms with Gasteiger partial charge in [0.25, 0.3) is 0 Å². The van der Waals surface area contributed by atoms with E-state index in [1.165, 1.54) is 6.07 Å². The van der Waals surface area contributed by atoms with Gasteiger partial charge >= 0.3 is 0 Å². The van der Waals surface area contributed by atoms with Crippen molar-refractivity contribution in [3.8, 4) is 0 Å². The molecular weight excluding hydrogens is 249 g/mol. The molecule has 2 rings (SSSR count). The van der Waals surface area contributed by atoms with Crippen LogP contribution in [0.5, 0.6) is 0 Å². The second-order valence-electron chi connectivity index (χ2n) is 4.37. The number of nitrogens with two attached hydrogens (primary N) is 1. The first-order chi connectivity index (χ1) is 9.20. The lowest BCUT2D eigenvalue weighted by Gasteiger charge is -2.29. The number of halogens is 1. The maximum absolute atomic E-state index is 14.0. The molecule has 19 heavy (non-hydrogen) atoms. The molecule has 0 aliphatic carbocycles. The highest BCUT2D eigenvalue weighted by atomic mass is 19.1. The number of carbonyl (C=O) groups excluding carboxylic acids is 1. The fourth-order valence-corrected chi connectivity index (χ4v) is 1.99. The number of morpholine rings is 1. The maximum atomic E-state index is 14.0. The molecule has 5 nitrogen and oxygen atoms in total. The fourth-order valence-electron chi connectivity index (χ4n) is 1.99. The number of hydrogen-bond acceptors (Lipinski definition) is 4. The Morgan fingerprint density at radius 1 is 1.42 bits per heavy atom. The Hall–Kier alpha value is -1.66. The molecule has 1 aromatic rings. The molecule has 104 valence electrons. The molecular formula is C13H18FN3O2. The predicted octanol–water partition coefficient (Wildman–Crippen LogP) is 0.237. The number of rotatable bonds is 4. The third-order valence-corrected chi connectivity index (χ3v) is 3.04. The van der Waals surface area contributed by atoms with Crippen molar-refractivity contribution in [1.29, 1.82) is 0 Å². The summed E-state index contributed by atoms with van der Waals surface area (Å²) < 4.78 is 19.3. The standard InChI is InChI=1S/C13H18FN3O2/c14-11-7-10(9-16-13(18)8-15)1-2-12(11)17-3-5-19-6-4-17/h1-2,7H,3-6,8-9,15H2,(H,16,18). The zero-order valence-corrected chi connectivity index (χ0v) is 10.7. The third-order valence-electron chi connectivity index (χ3n) is 3.04. The Balaban J connectivity index is 2.01. The van der Waals surface area contributed by atoms with Crippen molar-refractivity contribution in [1.82, 2.24) is 5.32 Å². The molecule has 1 amide bonds. The molecule has 0 radical (unpaired) electrons. The molecule has 1 aromatic carbocycles. The van der Waals surface area contributed by atoms with Gasteiger partial charge in [-0.25, -0.2) is 4.39 Å². The van der Waals surface area contributed by atoms with Crippen LogP contribution in [0.25, 0.3) is 0 Å². The molecule has 0 atom stereocenters. The van der Waals surface area contributed by atoms with E-state index in [9.17, 15) is 9.18 Å². The molecule has 1 saturated heterocycles. The summed E-state index contributed by atoms with van der Waals surface area (Å²) in [4.78, 5) is 13.0. The monoisotopic (exact) mass is 267 g/mol. The molecule has 0 aromatic heterocycles. The minimum atomic E-state index is -0.276. The van der Waals surface area contributed by atoms with Gasteiger partial charge in [-0.05, 0) is 17.7 Å².